The van der Waals surface area contributed by atoms with E-state index in [0.717, 1.165) is 52.2 Å². The summed E-state index contributed by atoms with van der Waals surface area (Å²) in [7, 11) is 1.64. The molecule has 0 N–H and O–H groups in total. The molecule has 168 valence electrons. The molecule has 0 radical (unpaired) electrons. The second-order valence-electron chi connectivity index (χ2n) is 8.05. The summed E-state index contributed by atoms with van der Waals surface area (Å²) in [6, 6.07) is 11.9. The molecule has 0 aliphatic carbocycles. The summed E-state index contributed by atoms with van der Waals surface area (Å²) in [5.41, 5.74) is 4.86. The van der Waals surface area contributed by atoms with Gasteiger partial charge in [0.05, 0.1) is 19.8 Å². The minimum absolute atomic E-state index is 0.0774. The lowest BCUT2D eigenvalue weighted by atomic mass is 10.0. The first-order chi connectivity index (χ1) is 15.5. The summed E-state index contributed by atoms with van der Waals surface area (Å²) in [4.78, 5) is 28.8. The average Bonchev–Trinajstić information content (AvgIpc) is 3.23. The number of aryl methyl sites for hydroxylation is 2. The van der Waals surface area contributed by atoms with Crippen molar-refractivity contribution in [1.29, 1.82) is 0 Å². The summed E-state index contributed by atoms with van der Waals surface area (Å²) in [6.07, 6.45) is 1.67. The van der Waals surface area contributed by atoms with Crippen molar-refractivity contribution in [2.75, 3.05) is 44.8 Å². The Bertz CT molecular complexity index is 1110. The van der Waals surface area contributed by atoms with Crippen LogP contribution in [0.25, 0.3) is 11.0 Å². The number of anilines is 1. The van der Waals surface area contributed by atoms with Crippen molar-refractivity contribution in [2.45, 2.75) is 20.3 Å². The van der Waals surface area contributed by atoms with Gasteiger partial charge in [0.25, 0.3) is 5.91 Å². The van der Waals surface area contributed by atoms with Crippen LogP contribution in [0.15, 0.2) is 47.1 Å². The number of furan rings is 1. The van der Waals surface area contributed by atoms with Crippen LogP contribution in [0.2, 0.25) is 0 Å². The highest BCUT2D eigenvalue weighted by molar-refractivity contribution is 5.89. The number of nitrogens with zero attached hydrogens (tertiary/aromatic N) is 2. The second-order valence-corrected chi connectivity index (χ2v) is 8.05. The molecule has 1 fully saturated rings. The highest BCUT2D eigenvalue weighted by Crippen LogP contribution is 2.27. The Kier molecular flexibility index (Phi) is 6.35. The molecule has 7 nitrogen and oxygen atoms in total. The van der Waals surface area contributed by atoms with Crippen molar-refractivity contribution in [1.82, 2.24) is 4.90 Å². The third-order valence-corrected chi connectivity index (χ3v) is 6.10. The Morgan fingerprint density at radius 3 is 2.41 bits per heavy atom. The van der Waals surface area contributed by atoms with E-state index in [4.69, 9.17) is 13.9 Å². The molecule has 3 aromatic rings. The van der Waals surface area contributed by atoms with Crippen LogP contribution >= 0.6 is 0 Å². The molecule has 0 bridgehead atoms. The Morgan fingerprint density at radius 2 is 1.72 bits per heavy atom. The number of hydrogen-bond donors (Lipinski definition) is 0. The van der Waals surface area contributed by atoms with Gasteiger partial charge in [-0.1, -0.05) is 12.1 Å². The first-order valence-electron chi connectivity index (χ1n) is 10.7. The number of methoxy groups -OCH3 is 1. The van der Waals surface area contributed by atoms with E-state index in [0.29, 0.717) is 13.1 Å². The molecule has 7 heteroatoms. The molecular weight excluding hydrogens is 408 g/mol. The highest BCUT2D eigenvalue weighted by atomic mass is 16.5. The van der Waals surface area contributed by atoms with Crippen molar-refractivity contribution >= 4 is 28.5 Å². The number of benzene rings is 2. The highest BCUT2D eigenvalue weighted by Gasteiger charge is 2.22. The lowest BCUT2D eigenvalue weighted by Crippen LogP contribution is -2.49. The van der Waals surface area contributed by atoms with Gasteiger partial charge in [-0.25, -0.2) is 0 Å². The number of hydrogen-bond acceptors (Lipinski definition) is 6. The van der Waals surface area contributed by atoms with Crippen molar-refractivity contribution < 1.29 is 23.5 Å². The van der Waals surface area contributed by atoms with Crippen molar-refractivity contribution in [3.05, 3.63) is 59.4 Å². The molecule has 1 aliphatic heterocycles. The predicted molar refractivity (Wildman–Crippen MR) is 122 cm³/mol. The molecule has 2 heterocycles. The Balaban J connectivity index is 1.26. The number of carbonyl (C=O) groups is 2. The first-order valence-corrected chi connectivity index (χ1v) is 10.7. The van der Waals surface area contributed by atoms with Crippen molar-refractivity contribution in [2.24, 2.45) is 0 Å². The van der Waals surface area contributed by atoms with Crippen LogP contribution in [0.4, 0.5) is 5.69 Å². The molecule has 32 heavy (non-hydrogen) atoms. The summed E-state index contributed by atoms with van der Waals surface area (Å²) in [6.45, 7) is 6.41. The van der Waals surface area contributed by atoms with Crippen LogP contribution < -0.4 is 9.64 Å². The van der Waals surface area contributed by atoms with E-state index in [1.54, 1.807) is 18.3 Å². The lowest BCUT2D eigenvalue weighted by molar-refractivity contribution is -0.151. The van der Waals surface area contributed by atoms with E-state index in [2.05, 4.69) is 4.90 Å². The Hall–Kier alpha value is -3.48. The number of ether oxygens (including phenoxy) is 2. The lowest BCUT2D eigenvalue weighted by Gasteiger charge is -2.36. The van der Waals surface area contributed by atoms with E-state index in [9.17, 15) is 9.59 Å². The molecule has 2 aromatic carbocycles. The van der Waals surface area contributed by atoms with Crippen molar-refractivity contribution in [3.63, 3.8) is 0 Å². The van der Waals surface area contributed by atoms with Gasteiger partial charge >= 0.3 is 5.97 Å². The Morgan fingerprint density at radius 1 is 1.00 bits per heavy atom. The van der Waals surface area contributed by atoms with Gasteiger partial charge in [-0.3, -0.25) is 9.59 Å². The number of fused-ring (bicyclic) bond motifs is 1. The minimum Gasteiger partial charge on any atom is -0.497 e. The zero-order chi connectivity index (χ0) is 22.7. The van der Waals surface area contributed by atoms with Crippen LogP contribution in [0.1, 0.15) is 16.7 Å². The van der Waals surface area contributed by atoms with Crippen LogP contribution in [0, 0.1) is 13.8 Å². The Labute approximate surface area is 187 Å². The van der Waals surface area contributed by atoms with Gasteiger partial charge in [0, 0.05) is 42.8 Å². The smallest absolute Gasteiger partial charge is 0.310 e. The fourth-order valence-electron chi connectivity index (χ4n) is 3.97. The quantitative estimate of drug-likeness (QED) is 0.551. The molecule has 1 aromatic heterocycles. The minimum atomic E-state index is -0.434. The number of esters is 1. The van der Waals surface area contributed by atoms with Gasteiger partial charge in [0.2, 0.25) is 0 Å². The number of carbonyl (C=O) groups excluding carboxylic acids is 2. The molecule has 1 amide bonds. The molecule has 0 unspecified atom stereocenters. The second kappa shape index (κ2) is 9.34. The third kappa shape index (κ3) is 4.56. The average molecular weight is 437 g/mol. The molecule has 1 saturated heterocycles. The number of rotatable bonds is 6. The van der Waals surface area contributed by atoms with E-state index in [-0.39, 0.29) is 18.9 Å². The van der Waals surface area contributed by atoms with Crippen LogP contribution in [0.5, 0.6) is 5.75 Å². The monoisotopic (exact) mass is 436 g/mol. The molecule has 0 spiro atoms. The van der Waals surface area contributed by atoms with Gasteiger partial charge in [0.15, 0.2) is 6.61 Å². The van der Waals surface area contributed by atoms with Gasteiger partial charge in [-0.05, 0) is 49.2 Å². The summed E-state index contributed by atoms with van der Waals surface area (Å²) in [5, 5.41) is 0.908. The molecular formula is C25H28N2O5. The first kappa shape index (κ1) is 21.7. The van der Waals surface area contributed by atoms with E-state index in [1.165, 1.54) is 0 Å². The maximum atomic E-state index is 12.5. The van der Waals surface area contributed by atoms with Gasteiger partial charge in [0.1, 0.15) is 11.3 Å². The fraction of sp³-hybridized carbons (Fsp3) is 0.360. The maximum Gasteiger partial charge on any atom is 0.310 e. The van der Waals surface area contributed by atoms with E-state index < -0.39 is 5.97 Å². The predicted octanol–water partition coefficient (Wildman–Crippen LogP) is 3.49. The standard InChI is InChI=1S/C25H28N2O5/c1-17-4-9-22-19(15-32-25(22)18(17)2)14-24(29)31-16-23(28)27-12-10-26(11-13-27)20-5-7-21(30-3)8-6-20/h4-9,15H,10-14,16H2,1-3H3. The van der Waals surface area contributed by atoms with Gasteiger partial charge < -0.3 is 23.7 Å². The number of amides is 1. The summed E-state index contributed by atoms with van der Waals surface area (Å²) in [5.74, 6) is 0.213. The van der Waals surface area contributed by atoms with Gasteiger partial charge in [-0.2, -0.15) is 0 Å². The normalized spacial score (nSPS) is 14.0. The summed E-state index contributed by atoms with van der Waals surface area (Å²) >= 11 is 0. The number of piperazine rings is 1. The van der Waals surface area contributed by atoms with Gasteiger partial charge in [-0.15, -0.1) is 0 Å². The fourth-order valence-corrected chi connectivity index (χ4v) is 3.97. The van der Waals surface area contributed by atoms with E-state index in [1.807, 2.05) is 50.2 Å². The van der Waals surface area contributed by atoms with Crippen LogP contribution in [-0.2, 0) is 20.7 Å². The molecule has 1 aliphatic rings. The molecule has 0 saturated carbocycles. The largest absolute Gasteiger partial charge is 0.497 e. The zero-order valence-electron chi connectivity index (χ0n) is 18.7. The van der Waals surface area contributed by atoms with Crippen LogP contribution in [-0.4, -0.2) is 56.7 Å². The molecule has 4 rings (SSSR count). The topological polar surface area (TPSA) is 72.2 Å². The molecule has 0 atom stereocenters. The summed E-state index contributed by atoms with van der Waals surface area (Å²) < 4.78 is 16.1. The zero-order valence-corrected chi connectivity index (χ0v) is 18.7. The SMILES string of the molecule is COc1ccc(N2CCN(C(=O)COC(=O)Cc3coc4c(C)c(C)ccc34)CC2)cc1. The van der Waals surface area contributed by atoms with E-state index >= 15 is 0 Å². The van der Waals surface area contributed by atoms with Crippen molar-refractivity contribution in [3.8, 4) is 5.75 Å². The van der Waals surface area contributed by atoms with Crippen LogP contribution in [0.3, 0.4) is 0 Å². The maximum absolute atomic E-state index is 12.5. The third-order valence-electron chi connectivity index (χ3n) is 6.10.